The molecule has 1 aromatic heterocycles. The summed E-state index contributed by atoms with van der Waals surface area (Å²) in [4.78, 5) is 15.2. The molecule has 1 atom stereocenters. The highest BCUT2D eigenvalue weighted by Crippen LogP contribution is 2.28. The summed E-state index contributed by atoms with van der Waals surface area (Å²) < 4.78 is 27.0. The van der Waals surface area contributed by atoms with Crippen LogP contribution in [0.1, 0.15) is 30.6 Å². The van der Waals surface area contributed by atoms with Gasteiger partial charge in [0.2, 0.25) is 5.91 Å². The Morgan fingerprint density at radius 1 is 1.24 bits per heavy atom. The number of nitrogens with zero attached hydrogens (tertiary/aromatic N) is 2. The van der Waals surface area contributed by atoms with E-state index >= 15 is 0 Å². The highest BCUT2D eigenvalue weighted by atomic mass is 35.5. The molecule has 2 saturated heterocycles. The maximum absolute atomic E-state index is 12.5. The number of halogens is 1. The van der Waals surface area contributed by atoms with E-state index in [0.29, 0.717) is 23.3 Å². The van der Waals surface area contributed by atoms with E-state index in [-0.39, 0.29) is 24.7 Å². The van der Waals surface area contributed by atoms with Gasteiger partial charge in [-0.1, -0.05) is 0 Å². The number of likely N-dealkylation sites (N-methyl/N-ethyl adjacent to an activating group) is 1. The van der Waals surface area contributed by atoms with E-state index in [1.165, 1.54) is 11.3 Å². The topological polar surface area (TPSA) is 69.7 Å². The first-order chi connectivity index (χ1) is 11.5. The van der Waals surface area contributed by atoms with Gasteiger partial charge in [0.05, 0.1) is 6.42 Å². The van der Waals surface area contributed by atoms with Gasteiger partial charge in [-0.15, -0.1) is 23.7 Å². The van der Waals surface area contributed by atoms with Crippen molar-refractivity contribution >= 4 is 39.7 Å². The summed E-state index contributed by atoms with van der Waals surface area (Å²) in [6, 6.07) is 3.79. The van der Waals surface area contributed by atoms with Crippen LogP contribution in [-0.4, -0.2) is 62.8 Å². The first kappa shape index (κ1) is 20.6. The monoisotopic (exact) mass is 407 g/mol. The molecule has 2 fully saturated rings. The first-order valence-electron chi connectivity index (χ1n) is 8.54. The molecule has 0 aromatic carbocycles. The highest BCUT2D eigenvalue weighted by molar-refractivity contribution is 7.91. The van der Waals surface area contributed by atoms with Crippen LogP contribution in [0.25, 0.3) is 0 Å². The van der Waals surface area contributed by atoms with E-state index < -0.39 is 10.0 Å². The van der Waals surface area contributed by atoms with E-state index in [2.05, 4.69) is 5.32 Å². The number of sulfonamides is 1. The molecule has 0 spiro atoms. The standard InChI is InChI=1S/C16H25N3O3S2.ClH/c1-17-13-5-4-8-18(12-13)15(20)11-14-6-7-16(23-14)24(21,22)19-9-2-3-10-19;/h6-7,13,17H,2-5,8-12H2,1H3;1H. The molecule has 25 heavy (non-hydrogen) atoms. The number of likely N-dealkylation sites (tertiary alicyclic amines) is 1. The molecule has 6 nitrogen and oxygen atoms in total. The summed E-state index contributed by atoms with van der Waals surface area (Å²) in [6.45, 7) is 2.74. The van der Waals surface area contributed by atoms with E-state index in [1.807, 2.05) is 11.9 Å². The van der Waals surface area contributed by atoms with Gasteiger partial charge in [-0.2, -0.15) is 4.31 Å². The second-order valence-electron chi connectivity index (χ2n) is 6.48. The molecule has 3 rings (SSSR count). The van der Waals surface area contributed by atoms with Crippen LogP contribution in [0, 0.1) is 0 Å². The van der Waals surface area contributed by atoms with Crippen molar-refractivity contribution in [3.63, 3.8) is 0 Å². The molecule has 2 aliphatic rings. The molecule has 1 amide bonds. The number of amides is 1. The number of hydrogen-bond donors (Lipinski definition) is 1. The van der Waals surface area contributed by atoms with E-state index in [1.54, 1.807) is 16.4 Å². The third kappa shape index (κ3) is 4.74. The van der Waals surface area contributed by atoms with Gasteiger partial charge in [0.15, 0.2) is 0 Å². The molecule has 0 aliphatic carbocycles. The highest BCUT2D eigenvalue weighted by Gasteiger charge is 2.29. The zero-order valence-corrected chi connectivity index (χ0v) is 16.9. The smallest absolute Gasteiger partial charge is 0.252 e. The molecular formula is C16H26ClN3O3S2. The average molecular weight is 408 g/mol. The summed E-state index contributed by atoms with van der Waals surface area (Å²) in [5.41, 5.74) is 0. The predicted molar refractivity (Wildman–Crippen MR) is 102 cm³/mol. The van der Waals surface area contributed by atoms with Crippen molar-refractivity contribution in [1.82, 2.24) is 14.5 Å². The fraction of sp³-hybridized carbons (Fsp3) is 0.688. The number of piperidine rings is 1. The quantitative estimate of drug-likeness (QED) is 0.806. The third-order valence-corrected chi connectivity index (χ3v) is 8.26. The SMILES string of the molecule is CNC1CCCN(C(=O)Cc2ccc(S(=O)(=O)N3CCCC3)s2)C1.Cl. The number of carbonyl (C=O) groups is 1. The minimum absolute atomic E-state index is 0. The van der Waals surface area contributed by atoms with Crippen molar-refractivity contribution in [3.8, 4) is 0 Å². The minimum Gasteiger partial charge on any atom is -0.341 e. The van der Waals surface area contributed by atoms with Crippen molar-refractivity contribution < 1.29 is 13.2 Å². The number of thiophene rings is 1. The molecule has 1 unspecified atom stereocenters. The second-order valence-corrected chi connectivity index (χ2v) is 9.81. The Morgan fingerprint density at radius 3 is 2.64 bits per heavy atom. The van der Waals surface area contributed by atoms with Crippen LogP contribution in [0.3, 0.4) is 0 Å². The Labute approximate surface area is 160 Å². The first-order valence-corrected chi connectivity index (χ1v) is 10.8. The third-order valence-electron chi connectivity index (χ3n) is 4.80. The van der Waals surface area contributed by atoms with E-state index in [4.69, 9.17) is 0 Å². The predicted octanol–water partition coefficient (Wildman–Crippen LogP) is 1.71. The van der Waals surface area contributed by atoms with Crippen molar-refractivity contribution in [2.75, 3.05) is 33.2 Å². The molecule has 0 radical (unpaired) electrons. The minimum atomic E-state index is -3.37. The van der Waals surface area contributed by atoms with Gasteiger partial charge in [0.1, 0.15) is 4.21 Å². The maximum atomic E-state index is 12.5. The molecule has 9 heteroatoms. The lowest BCUT2D eigenvalue weighted by molar-refractivity contribution is -0.131. The lowest BCUT2D eigenvalue weighted by atomic mass is 10.1. The number of rotatable bonds is 5. The molecule has 1 N–H and O–H groups in total. The molecule has 3 heterocycles. The van der Waals surface area contributed by atoms with Crippen molar-refractivity contribution in [3.05, 3.63) is 17.0 Å². The fourth-order valence-electron chi connectivity index (χ4n) is 3.35. The van der Waals surface area contributed by atoms with Crippen LogP contribution in [0.15, 0.2) is 16.3 Å². The van der Waals surface area contributed by atoms with Crippen LogP contribution >= 0.6 is 23.7 Å². The van der Waals surface area contributed by atoms with E-state index in [9.17, 15) is 13.2 Å². The summed E-state index contributed by atoms with van der Waals surface area (Å²) in [5.74, 6) is 0.0851. The largest absolute Gasteiger partial charge is 0.341 e. The van der Waals surface area contributed by atoms with Gasteiger partial charge in [-0.25, -0.2) is 8.42 Å². The Bertz CT molecular complexity index is 687. The van der Waals surface area contributed by atoms with Crippen LogP contribution in [0.4, 0.5) is 0 Å². The number of carbonyl (C=O) groups excluding carboxylic acids is 1. The van der Waals surface area contributed by atoms with Gasteiger partial charge in [-0.05, 0) is 44.9 Å². The summed E-state index contributed by atoms with van der Waals surface area (Å²) in [7, 11) is -1.45. The van der Waals surface area contributed by atoms with Crippen molar-refractivity contribution in [2.45, 2.75) is 42.4 Å². The molecule has 1 aromatic rings. The molecule has 2 aliphatic heterocycles. The van der Waals surface area contributed by atoms with Gasteiger partial charge in [-0.3, -0.25) is 4.79 Å². The van der Waals surface area contributed by atoms with Crippen LogP contribution < -0.4 is 5.32 Å². The van der Waals surface area contributed by atoms with Crippen LogP contribution in [0.2, 0.25) is 0 Å². The van der Waals surface area contributed by atoms with Crippen LogP contribution in [-0.2, 0) is 21.2 Å². The van der Waals surface area contributed by atoms with Gasteiger partial charge in [0, 0.05) is 37.1 Å². The van der Waals surface area contributed by atoms with Crippen LogP contribution in [0.5, 0.6) is 0 Å². The molecular weight excluding hydrogens is 382 g/mol. The second kappa shape index (κ2) is 8.81. The van der Waals surface area contributed by atoms with Crippen molar-refractivity contribution in [2.24, 2.45) is 0 Å². The lowest BCUT2D eigenvalue weighted by Crippen LogP contribution is -2.47. The molecule has 142 valence electrons. The molecule has 0 bridgehead atoms. The Hall–Kier alpha value is -0.670. The summed E-state index contributed by atoms with van der Waals surface area (Å²) >= 11 is 1.23. The lowest BCUT2D eigenvalue weighted by Gasteiger charge is -2.32. The fourth-order valence-corrected chi connectivity index (χ4v) is 6.37. The Kier molecular flexibility index (Phi) is 7.28. The molecule has 0 saturated carbocycles. The van der Waals surface area contributed by atoms with E-state index in [0.717, 1.165) is 43.6 Å². The average Bonchev–Trinajstić information content (AvgIpc) is 3.27. The zero-order valence-electron chi connectivity index (χ0n) is 14.4. The number of hydrogen-bond acceptors (Lipinski definition) is 5. The zero-order chi connectivity index (χ0) is 17.2. The number of nitrogens with one attached hydrogen (secondary N) is 1. The van der Waals surface area contributed by atoms with Gasteiger partial charge in [0.25, 0.3) is 10.0 Å². The summed E-state index contributed by atoms with van der Waals surface area (Å²) in [5, 5.41) is 3.23. The maximum Gasteiger partial charge on any atom is 0.252 e. The van der Waals surface area contributed by atoms with Crippen molar-refractivity contribution in [1.29, 1.82) is 0 Å². The summed E-state index contributed by atoms with van der Waals surface area (Å²) in [6.07, 6.45) is 4.25. The normalized spacial score (nSPS) is 22.0. The van der Waals surface area contributed by atoms with Gasteiger partial charge >= 0.3 is 0 Å². The Morgan fingerprint density at radius 2 is 1.96 bits per heavy atom. The van der Waals surface area contributed by atoms with Gasteiger partial charge < -0.3 is 10.2 Å². The Balaban J connectivity index is 0.00000225.